The molecule has 1 aromatic heterocycles. The number of nitrogens with zero attached hydrogens (tertiary/aromatic N) is 3. The molecule has 0 saturated heterocycles. The van der Waals surface area contributed by atoms with Crippen LogP contribution >= 0.6 is 35.0 Å². The summed E-state index contributed by atoms with van der Waals surface area (Å²) in [6.45, 7) is 0.674. The Kier molecular flexibility index (Phi) is 5.55. The van der Waals surface area contributed by atoms with Gasteiger partial charge in [-0.05, 0) is 41.6 Å². The lowest BCUT2D eigenvalue weighted by atomic mass is 10.1. The first-order valence-corrected chi connectivity index (χ1v) is 10.3. The molecule has 0 radical (unpaired) electrons. The molecule has 0 bridgehead atoms. The first kappa shape index (κ1) is 18.6. The Morgan fingerprint density at radius 3 is 2.85 bits per heavy atom. The number of benzene rings is 2. The van der Waals surface area contributed by atoms with Crippen molar-refractivity contribution in [3.63, 3.8) is 0 Å². The monoisotopic (exact) mass is 416 g/mol. The van der Waals surface area contributed by atoms with E-state index in [0.29, 0.717) is 23.0 Å². The number of hydrazone groups is 1. The van der Waals surface area contributed by atoms with E-state index in [2.05, 4.69) is 23.2 Å². The van der Waals surface area contributed by atoms with Crippen LogP contribution in [0, 0.1) is 0 Å². The minimum Gasteiger partial charge on any atom is -0.326 e. The van der Waals surface area contributed by atoms with Gasteiger partial charge in [0.15, 0.2) is 0 Å². The molecule has 2 heterocycles. The molecule has 1 aliphatic heterocycles. The zero-order valence-corrected chi connectivity index (χ0v) is 16.8. The molecule has 0 saturated carbocycles. The number of fused-ring (bicyclic) bond motifs is 1. The molecule has 2 N–H and O–H groups in total. The number of aromatic nitrogens is 1. The van der Waals surface area contributed by atoms with Crippen LogP contribution in [0.4, 0.5) is 0 Å². The maximum absolute atomic E-state index is 6.33. The predicted molar refractivity (Wildman–Crippen MR) is 116 cm³/mol. The summed E-state index contributed by atoms with van der Waals surface area (Å²) in [4.78, 5) is 4.16. The van der Waals surface area contributed by atoms with E-state index in [1.165, 1.54) is 5.39 Å². The van der Waals surface area contributed by atoms with Crippen molar-refractivity contribution in [3.8, 4) is 0 Å². The van der Waals surface area contributed by atoms with Gasteiger partial charge in [-0.15, -0.1) is 0 Å². The predicted octanol–water partition coefficient (Wildman–Crippen LogP) is 4.78. The Labute approximate surface area is 172 Å². The Morgan fingerprint density at radius 1 is 1.11 bits per heavy atom. The largest absolute Gasteiger partial charge is 0.326 e. The zero-order valence-electron chi connectivity index (χ0n) is 14.5. The molecule has 2 aromatic carbocycles. The Morgan fingerprint density at radius 2 is 2.00 bits per heavy atom. The first-order chi connectivity index (χ1) is 13.1. The molecule has 7 heteroatoms. The maximum Gasteiger partial charge on any atom is 0.125 e. The van der Waals surface area contributed by atoms with Crippen molar-refractivity contribution >= 4 is 50.8 Å². The lowest BCUT2D eigenvalue weighted by Crippen LogP contribution is -2.35. The Bertz CT molecular complexity index is 1010. The highest BCUT2D eigenvalue weighted by Gasteiger charge is 2.19. The van der Waals surface area contributed by atoms with Crippen LogP contribution in [-0.4, -0.2) is 33.5 Å². The molecular weight excluding hydrogens is 399 g/mol. The van der Waals surface area contributed by atoms with E-state index in [1.54, 1.807) is 17.8 Å². The zero-order chi connectivity index (χ0) is 18.8. The fourth-order valence-corrected chi connectivity index (χ4v) is 4.46. The van der Waals surface area contributed by atoms with E-state index < -0.39 is 0 Å². The smallest absolute Gasteiger partial charge is 0.125 e. The SMILES string of the molecule is N[C@@H](Cc1ccc(Cl)cc1Cl)CN1CSC(c2ccc3cnccc3c2)=N1. The standard InChI is InChI=1S/C20H18Cl2N4S/c21-17-4-3-14(19(22)9-17)8-18(23)11-26-12-27-20(25-26)15-1-2-16-10-24-6-5-13(16)7-15/h1-7,9-10,18H,8,11-12,23H2/t18-/m0/s1. The lowest BCUT2D eigenvalue weighted by Gasteiger charge is -2.19. The highest BCUT2D eigenvalue weighted by atomic mass is 35.5. The number of thioether (sulfide) groups is 1. The van der Waals surface area contributed by atoms with Crippen molar-refractivity contribution in [3.05, 3.63) is 76.0 Å². The molecule has 0 spiro atoms. The average molecular weight is 417 g/mol. The van der Waals surface area contributed by atoms with Crippen LogP contribution in [-0.2, 0) is 6.42 Å². The van der Waals surface area contributed by atoms with Gasteiger partial charge in [-0.3, -0.25) is 9.99 Å². The second-order valence-corrected chi connectivity index (χ2v) is 8.28. The summed E-state index contributed by atoms with van der Waals surface area (Å²) < 4.78 is 0. The molecule has 4 rings (SSSR count). The summed E-state index contributed by atoms with van der Waals surface area (Å²) in [5.41, 5.74) is 8.46. The van der Waals surface area contributed by atoms with E-state index in [1.807, 2.05) is 35.6 Å². The summed E-state index contributed by atoms with van der Waals surface area (Å²) in [6, 6.07) is 13.8. The van der Waals surface area contributed by atoms with Crippen molar-refractivity contribution in [2.45, 2.75) is 12.5 Å². The van der Waals surface area contributed by atoms with Crippen LogP contribution in [0.25, 0.3) is 10.8 Å². The molecule has 4 nitrogen and oxygen atoms in total. The summed E-state index contributed by atoms with van der Waals surface area (Å²) in [7, 11) is 0. The van der Waals surface area contributed by atoms with Crippen molar-refractivity contribution in [1.82, 2.24) is 9.99 Å². The highest BCUT2D eigenvalue weighted by Crippen LogP contribution is 2.26. The molecule has 0 unspecified atom stereocenters. The highest BCUT2D eigenvalue weighted by molar-refractivity contribution is 8.14. The van der Waals surface area contributed by atoms with E-state index in [4.69, 9.17) is 34.0 Å². The fourth-order valence-electron chi connectivity index (χ4n) is 3.08. The van der Waals surface area contributed by atoms with Crippen molar-refractivity contribution in [2.75, 3.05) is 12.4 Å². The van der Waals surface area contributed by atoms with Gasteiger partial charge in [0.05, 0.1) is 12.4 Å². The van der Waals surface area contributed by atoms with Crippen LogP contribution in [0.1, 0.15) is 11.1 Å². The number of hydrogen-bond donors (Lipinski definition) is 1. The average Bonchev–Trinajstić information content (AvgIpc) is 3.12. The van der Waals surface area contributed by atoms with Gasteiger partial charge in [0.25, 0.3) is 0 Å². The van der Waals surface area contributed by atoms with E-state index in [0.717, 1.165) is 27.4 Å². The van der Waals surface area contributed by atoms with Crippen LogP contribution in [0.2, 0.25) is 10.0 Å². The van der Waals surface area contributed by atoms with Crippen molar-refractivity contribution in [1.29, 1.82) is 0 Å². The number of pyridine rings is 1. The normalized spacial score (nSPS) is 15.2. The van der Waals surface area contributed by atoms with Crippen molar-refractivity contribution < 1.29 is 0 Å². The van der Waals surface area contributed by atoms with E-state index >= 15 is 0 Å². The molecule has 138 valence electrons. The number of nitrogens with two attached hydrogens (primary N) is 1. The van der Waals surface area contributed by atoms with Gasteiger partial charge in [0.1, 0.15) is 5.04 Å². The van der Waals surface area contributed by atoms with Crippen LogP contribution in [0.15, 0.2) is 60.0 Å². The third kappa shape index (κ3) is 4.38. The first-order valence-electron chi connectivity index (χ1n) is 8.58. The Balaban J connectivity index is 1.43. The number of halogens is 2. The molecule has 0 aliphatic carbocycles. The molecule has 27 heavy (non-hydrogen) atoms. The Hall–Kier alpha value is -1.79. The van der Waals surface area contributed by atoms with Crippen LogP contribution < -0.4 is 5.73 Å². The topological polar surface area (TPSA) is 54.5 Å². The molecule has 1 atom stereocenters. The van der Waals surface area contributed by atoms with Gasteiger partial charge >= 0.3 is 0 Å². The third-order valence-electron chi connectivity index (χ3n) is 4.41. The maximum atomic E-state index is 6.33. The van der Waals surface area contributed by atoms with Gasteiger partial charge in [-0.1, -0.05) is 53.2 Å². The summed E-state index contributed by atoms with van der Waals surface area (Å²) >= 11 is 13.9. The minimum atomic E-state index is -0.0601. The summed E-state index contributed by atoms with van der Waals surface area (Å²) in [5, 5.41) is 11.4. The van der Waals surface area contributed by atoms with E-state index in [9.17, 15) is 0 Å². The second kappa shape index (κ2) is 8.07. The van der Waals surface area contributed by atoms with Gasteiger partial charge in [-0.2, -0.15) is 5.10 Å². The van der Waals surface area contributed by atoms with Gasteiger partial charge in [-0.25, -0.2) is 0 Å². The van der Waals surface area contributed by atoms with Gasteiger partial charge in [0, 0.05) is 39.4 Å². The molecular formula is C20H18Cl2N4S. The van der Waals surface area contributed by atoms with Crippen LogP contribution in [0.3, 0.4) is 0 Å². The molecule has 1 aliphatic rings. The number of hydrogen-bond acceptors (Lipinski definition) is 5. The lowest BCUT2D eigenvalue weighted by molar-refractivity contribution is 0.320. The van der Waals surface area contributed by atoms with Gasteiger partial charge < -0.3 is 5.73 Å². The van der Waals surface area contributed by atoms with Crippen LogP contribution in [0.5, 0.6) is 0 Å². The van der Waals surface area contributed by atoms with Crippen molar-refractivity contribution in [2.24, 2.45) is 10.8 Å². The third-order valence-corrected chi connectivity index (χ3v) is 6.02. The van der Waals surface area contributed by atoms with Gasteiger partial charge in [0.2, 0.25) is 0 Å². The second-order valence-electron chi connectivity index (χ2n) is 6.51. The quantitative estimate of drug-likeness (QED) is 0.649. The number of rotatable bonds is 5. The fraction of sp³-hybridized carbons (Fsp3) is 0.200. The summed E-state index contributed by atoms with van der Waals surface area (Å²) in [6.07, 6.45) is 4.36. The minimum absolute atomic E-state index is 0.0601. The van der Waals surface area contributed by atoms with E-state index in [-0.39, 0.29) is 6.04 Å². The molecule has 3 aromatic rings. The summed E-state index contributed by atoms with van der Waals surface area (Å²) in [5.74, 6) is 0.797. The molecule has 0 fully saturated rings. The molecule has 0 amide bonds.